The highest BCUT2D eigenvalue weighted by atomic mass is 35.5. The monoisotopic (exact) mass is 244 g/mol. The summed E-state index contributed by atoms with van der Waals surface area (Å²) in [5, 5.41) is 9.15. The zero-order valence-corrected chi connectivity index (χ0v) is 9.85. The van der Waals surface area contributed by atoms with Crippen LogP contribution < -0.4 is 0 Å². The summed E-state index contributed by atoms with van der Waals surface area (Å²) in [6, 6.07) is 6.96. The van der Waals surface area contributed by atoms with Crippen LogP contribution in [0.2, 0.25) is 5.02 Å². The van der Waals surface area contributed by atoms with Crippen molar-refractivity contribution < 1.29 is 9.90 Å². The Hall–Kier alpha value is -0.510. The van der Waals surface area contributed by atoms with Crippen LogP contribution in [0.5, 0.6) is 0 Å². The quantitative estimate of drug-likeness (QED) is 0.618. The summed E-state index contributed by atoms with van der Waals surface area (Å²) in [5.41, 5.74) is 0.652. The van der Waals surface area contributed by atoms with E-state index in [1.54, 1.807) is 24.3 Å². The van der Waals surface area contributed by atoms with Gasteiger partial charge in [-0.1, -0.05) is 23.7 Å². The molecule has 4 heteroatoms. The molecule has 2 nitrogen and oxygen atoms in total. The van der Waals surface area contributed by atoms with Crippen molar-refractivity contribution in [3.05, 3.63) is 34.9 Å². The Balaban J connectivity index is 2.40. The van der Waals surface area contributed by atoms with Gasteiger partial charge in [0.1, 0.15) is 0 Å². The molecule has 0 saturated carbocycles. The summed E-state index contributed by atoms with van der Waals surface area (Å²) in [4.78, 5) is 11.6. The number of carbonyl (C=O) groups excluding carboxylic acids is 1. The molecule has 0 fully saturated rings. The fourth-order valence-corrected chi connectivity index (χ4v) is 2.10. The molecule has 0 atom stereocenters. The van der Waals surface area contributed by atoms with Gasteiger partial charge < -0.3 is 5.11 Å². The molecule has 1 aromatic rings. The van der Waals surface area contributed by atoms with Crippen LogP contribution in [0.4, 0.5) is 0 Å². The van der Waals surface area contributed by atoms with Crippen LogP contribution in [0.1, 0.15) is 16.8 Å². The number of aliphatic hydroxyl groups is 1. The minimum absolute atomic E-state index is 0.0837. The summed E-state index contributed by atoms with van der Waals surface area (Å²) >= 11 is 7.31. The number of carbonyl (C=O) groups is 1. The van der Waals surface area contributed by atoms with Crippen LogP contribution in [0, 0.1) is 0 Å². The highest BCUT2D eigenvalue weighted by molar-refractivity contribution is 7.99. The van der Waals surface area contributed by atoms with Crippen molar-refractivity contribution in [3.8, 4) is 0 Å². The summed E-state index contributed by atoms with van der Waals surface area (Å²) in [5.74, 6) is 1.34. The normalized spacial score (nSPS) is 10.3. The Morgan fingerprint density at radius 2 is 2.27 bits per heavy atom. The van der Waals surface area contributed by atoms with Gasteiger partial charge in [-0.3, -0.25) is 4.79 Å². The minimum Gasteiger partial charge on any atom is -0.396 e. The van der Waals surface area contributed by atoms with Crippen LogP contribution in [0.15, 0.2) is 24.3 Å². The van der Waals surface area contributed by atoms with Gasteiger partial charge in [0, 0.05) is 17.2 Å². The van der Waals surface area contributed by atoms with Crippen molar-refractivity contribution in [1.29, 1.82) is 0 Å². The lowest BCUT2D eigenvalue weighted by Crippen LogP contribution is -2.03. The number of benzene rings is 1. The number of halogens is 1. The van der Waals surface area contributed by atoms with E-state index in [-0.39, 0.29) is 12.4 Å². The molecule has 0 heterocycles. The van der Waals surface area contributed by atoms with Crippen molar-refractivity contribution >= 4 is 29.1 Å². The zero-order valence-electron chi connectivity index (χ0n) is 8.28. The van der Waals surface area contributed by atoms with Gasteiger partial charge in [-0.15, -0.1) is 0 Å². The molecule has 0 amide bonds. The van der Waals surface area contributed by atoms with E-state index in [2.05, 4.69) is 0 Å². The number of ketones is 1. The van der Waals surface area contributed by atoms with E-state index in [1.807, 2.05) is 0 Å². The molecule has 1 rings (SSSR count). The van der Waals surface area contributed by atoms with Crippen molar-refractivity contribution in [1.82, 2.24) is 0 Å². The van der Waals surface area contributed by atoms with Crippen LogP contribution in [0.3, 0.4) is 0 Å². The Morgan fingerprint density at radius 3 is 2.93 bits per heavy atom. The van der Waals surface area contributed by atoms with Crippen LogP contribution in [-0.2, 0) is 0 Å². The lowest BCUT2D eigenvalue weighted by Gasteiger charge is -2.01. The molecular formula is C11H13ClO2S. The molecule has 1 N–H and O–H groups in total. The molecule has 15 heavy (non-hydrogen) atoms. The lowest BCUT2D eigenvalue weighted by atomic mass is 10.1. The Morgan fingerprint density at radius 1 is 1.47 bits per heavy atom. The number of aliphatic hydroxyl groups excluding tert-OH is 1. The van der Waals surface area contributed by atoms with Gasteiger partial charge in [0.05, 0.1) is 5.75 Å². The van der Waals surface area contributed by atoms with E-state index in [4.69, 9.17) is 16.7 Å². The first-order chi connectivity index (χ1) is 7.24. The second-order valence-electron chi connectivity index (χ2n) is 3.06. The van der Waals surface area contributed by atoms with E-state index in [1.165, 1.54) is 11.8 Å². The van der Waals surface area contributed by atoms with Gasteiger partial charge in [-0.05, 0) is 24.3 Å². The molecule has 0 aromatic heterocycles. The van der Waals surface area contributed by atoms with E-state index in [9.17, 15) is 4.79 Å². The minimum atomic E-state index is 0.0837. The first-order valence-electron chi connectivity index (χ1n) is 4.71. The third-order valence-corrected chi connectivity index (χ3v) is 3.11. The average Bonchev–Trinajstić information content (AvgIpc) is 2.24. The van der Waals surface area contributed by atoms with Gasteiger partial charge in [0.25, 0.3) is 0 Å². The van der Waals surface area contributed by atoms with Gasteiger partial charge >= 0.3 is 0 Å². The third-order valence-electron chi connectivity index (χ3n) is 1.83. The molecule has 0 unspecified atom stereocenters. The molecule has 0 aliphatic carbocycles. The molecule has 1 aromatic carbocycles. The van der Waals surface area contributed by atoms with Gasteiger partial charge in [0.15, 0.2) is 5.78 Å². The number of Topliss-reactive ketones (excluding diaryl/α,β-unsaturated/α-hetero) is 1. The molecule has 0 spiro atoms. The lowest BCUT2D eigenvalue weighted by molar-refractivity contribution is 0.102. The molecular weight excluding hydrogens is 232 g/mol. The second kappa shape index (κ2) is 6.88. The van der Waals surface area contributed by atoms with Crippen molar-refractivity contribution in [2.45, 2.75) is 6.42 Å². The van der Waals surface area contributed by atoms with Gasteiger partial charge in [-0.2, -0.15) is 11.8 Å². The molecule has 0 bridgehead atoms. The highest BCUT2D eigenvalue weighted by Crippen LogP contribution is 2.13. The maximum atomic E-state index is 11.6. The number of hydrogen-bond donors (Lipinski definition) is 1. The summed E-state index contributed by atoms with van der Waals surface area (Å²) in [7, 11) is 0. The zero-order chi connectivity index (χ0) is 11.1. The van der Waals surface area contributed by atoms with Crippen molar-refractivity contribution in [2.75, 3.05) is 18.1 Å². The summed E-state index contributed by atoms with van der Waals surface area (Å²) in [6.45, 7) is 0.179. The Kier molecular flexibility index (Phi) is 5.76. The van der Waals surface area contributed by atoms with Crippen LogP contribution in [-0.4, -0.2) is 29.0 Å². The Labute approximate surface area is 98.6 Å². The highest BCUT2D eigenvalue weighted by Gasteiger charge is 2.05. The predicted octanol–water partition coefficient (Wildman–Crippen LogP) is 2.64. The maximum absolute atomic E-state index is 11.6. The molecule has 0 radical (unpaired) electrons. The van der Waals surface area contributed by atoms with E-state index < -0.39 is 0 Å². The smallest absolute Gasteiger partial charge is 0.172 e. The largest absolute Gasteiger partial charge is 0.396 e. The predicted molar refractivity (Wildman–Crippen MR) is 64.8 cm³/mol. The summed E-state index contributed by atoms with van der Waals surface area (Å²) < 4.78 is 0. The first kappa shape index (κ1) is 12.6. The Bertz CT molecular complexity index is 328. The number of rotatable bonds is 6. The second-order valence-corrected chi connectivity index (χ2v) is 4.60. The van der Waals surface area contributed by atoms with Gasteiger partial charge in [0.2, 0.25) is 0 Å². The molecule has 0 aliphatic rings. The summed E-state index contributed by atoms with van der Waals surface area (Å²) in [6.07, 6.45) is 0.730. The SMILES string of the molecule is O=C(CSCCCO)c1cccc(Cl)c1. The fraction of sp³-hybridized carbons (Fsp3) is 0.364. The van der Waals surface area contributed by atoms with Crippen LogP contribution >= 0.6 is 23.4 Å². The van der Waals surface area contributed by atoms with Crippen molar-refractivity contribution in [2.24, 2.45) is 0 Å². The molecule has 0 saturated heterocycles. The van der Waals surface area contributed by atoms with Gasteiger partial charge in [-0.25, -0.2) is 0 Å². The topological polar surface area (TPSA) is 37.3 Å². The number of hydrogen-bond acceptors (Lipinski definition) is 3. The third kappa shape index (κ3) is 4.69. The van der Waals surface area contributed by atoms with E-state index in [0.717, 1.165) is 12.2 Å². The van der Waals surface area contributed by atoms with Crippen molar-refractivity contribution in [3.63, 3.8) is 0 Å². The molecule has 0 aliphatic heterocycles. The van der Waals surface area contributed by atoms with E-state index in [0.29, 0.717) is 16.3 Å². The van der Waals surface area contributed by atoms with E-state index >= 15 is 0 Å². The molecule has 82 valence electrons. The standard InChI is InChI=1S/C11H13ClO2S/c12-10-4-1-3-9(7-10)11(14)8-15-6-2-5-13/h1,3-4,7,13H,2,5-6,8H2. The number of thioether (sulfide) groups is 1. The average molecular weight is 245 g/mol. The first-order valence-corrected chi connectivity index (χ1v) is 6.24. The maximum Gasteiger partial charge on any atom is 0.172 e. The fourth-order valence-electron chi connectivity index (χ4n) is 1.08. The van der Waals surface area contributed by atoms with Crippen LogP contribution in [0.25, 0.3) is 0 Å².